The van der Waals surface area contributed by atoms with E-state index < -0.39 is 18.0 Å². The van der Waals surface area contributed by atoms with Gasteiger partial charge >= 0.3 is 6.03 Å². The smallest absolute Gasteiger partial charge is 0.322 e. The number of hydrogen-bond acceptors (Lipinski definition) is 6. The molecule has 0 saturated heterocycles. The zero-order valence-electron chi connectivity index (χ0n) is 16.8. The Morgan fingerprint density at radius 3 is 2.43 bits per heavy atom. The standard InChI is InChI=1S/C21H21N3O6/c1-23-19(26)12-5-4-11(8-13(12)20(23)27)22-21(28)24-9-14-16(29-2)6-7-17(30-3)18(14)15(25)10-24/h4-8,15,25H,9-10H2,1-3H3,(H,22,28)/t15-/m0/s1. The first-order valence-electron chi connectivity index (χ1n) is 9.30. The van der Waals surface area contributed by atoms with Gasteiger partial charge in [0, 0.05) is 23.9 Å². The molecule has 2 aliphatic rings. The van der Waals surface area contributed by atoms with Gasteiger partial charge in [-0.05, 0) is 30.3 Å². The Morgan fingerprint density at radius 1 is 1.07 bits per heavy atom. The predicted octanol–water partition coefficient (Wildman–Crippen LogP) is 2.01. The molecule has 0 fully saturated rings. The second kappa shape index (κ2) is 7.34. The number of aliphatic hydroxyl groups is 1. The number of benzene rings is 2. The van der Waals surface area contributed by atoms with Crippen LogP contribution in [0.25, 0.3) is 0 Å². The van der Waals surface area contributed by atoms with E-state index in [-0.39, 0.29) is 24.6 Å². The second-order valence-electron chi connectivity index (χ2n) is 7.12. The highest BCUT2D eigenvalue weighted by Crippen LogP contribution is 2.39. The number of urea groups is 1. The minimum Gasteiger partial charge on any atom is -0.496 e. The Morgan fingerprint density at radius 2 is 1.73 bits per heavy atom. The molecule has 0 saturated carbocycles. The van der Waals surface area contributed by atoms with Crippen LogP contribution in [0.3, 0.4) is 0 Å². The fraction of sp³-hybridized carbons (Fsp3) is 0.286. The second-order valence-corrected chi connectivity index (χ2v) is 7.12. The summed E-state index contributed by atoms with van der Waals surface area (Å²) in [5.41, 5.74) is 2.20. The summed E-state index contributed by atoms with van der Waals surface area (Å²) in [5.74, 6) is 0.297. The maximum absolute atomic E-state index is 12.9. The summed E-state index contributed by atoms with van der Waals surface area (Å²) in [6.07, 6.45) is -0.947. The molecule has 0 radical (unpaired) electrons. The van der Waals surface area contributed by atoms with E-state index in [4.69, 9.17) is 9.47 Å². The van der Waals surface area contributed by atoms with Crippen molar-refractivity contribution in [1.29, 1.82) is 0 Å². The van der Waals surface area contributed by atoms with E-state index in [0.29, 0.717) is 33.9 Å². The highest BCUT2D eigenvalue weighted by atomic mass is 16.5. The van der Waals surface area contributed by atoms with Gasteiger partial charge in [0.1, 0.15) is 17.6 Å². The third kappa shape index (κ3) is 3.03. The molecule has 9 nitrogen and oxygen atoms in total. The van der Waals surface area contributed by atoms with Crippen molar-refractivity contribution in [3.05, 3.63) is 52.6 Å². The lowest BCUT2D eigenvalue weighted by Crippen LogP contribution is -2.41. The average Bonchev–Trinajstić information content (AvgIpc) is 2.96. The minimum absolute atomic E-state index is 0.0630. The summed E-state index contributed by atoms with van der Waals surface area (Å²) < 4.78 is 10.7. The molecule has 2 aliphatic heterocycles. The van der Waals surface area contributed by atoms with E-state index in [0.717, 1.165) is 4.90 Å². The SMILES string of the molecule is COc1ccc(OC)c2c1CN(C(=O)Nc1ccc3c(c1)C(=O)N(C)C3=O)C[C@@H]2O. The predicted molar refractivity (Wildman–Crippen MR) is 107 cm³/mol. The molecule has 4 rings (SSSR count). The van der Waals surface area contributed by atoms with E-state index in [2.05, 4.69) is 5.32 Å². The number of β-amino-alcohol motifs (C(OH)–C–C–N with tert-alkyl or cyclic N) is 1. The molecule has 0 aromatic heterocycles. The number of ether oxygens (including phenoxy) is 2. The average molecular weight is 411 g/mol. The van der Waals surface area contributed by atoms with Crippen LogP contribution in [0, 0.1) is 0 Å². The molecule has 156 valence electrons. The maximum atomic E-state index is 12.9. The number of imide groups is 1. The van der Waals surface area contributed by atoms with Crippen LogP contribution in [0.1, 0.15) is 37.9 Å². The summed E-state index contributed by atoms with van der Waals surface area (Å²) in [6, 6.07) is 7.56. The molecular weight excluding hydrogens is 390 g/mol. The first-order chi connectivity index (χ1) is 14.3. The number of fused-ring (bicyclic) bond motifs is 2. The molecule has 2 aromatic rings. The van der Waals surface area contributed by atoms with Gasteiger partial charge in [0.15, 0.2) is 0 Å². The van der Waals surface area contributed by atoms with Gasteiger partial charge in [-0.25, -0.2) is 4.79 Å². The summed E-state index contributed by atoms with van der Waals surface area (Å²) >= 11 is 0. The molecule has 0 aliphatic carbocycles. The van der Waals surface area contributed by atoms with Crippen molar-refractivity contribution in [2.24, 2.45) is 0 Å². The van der Waals surface area contributed by atoms with E-state index >= 15 is 0 Å². The van der Waals surface area contributed by atoms with Gasteiger partial charge in [0.2, 0.25) is 0 Å². The van der Waals surface area contributed by atoms with Crippen molar-refractivity contribution in [3.8, 4) is 11.5 Å². The van der Waals surface area contributed by atoms with Crippen LogP contribution in [0.2, 0.25) is 0 Å². The molecule has 0 spiro atoms. The number of carbonyl (C=O) groups excluding carboxylic acids is 3. The molecule has 1 atom stereocenters. The number of nitrogens with one attached hydrogen (secondary N) is 1. The maximum Gasteiger partial charge on any atom is 0.322 e. The number of anilines is 1. The summed E-state index contributed by atoms with van der Waals surface area (Å²) in [4.78, 5) is 39.5. The van der Waals surface area contributed by atoms with Crippen LogP contribution in [-0.2, 0) is 6.54 Å². The van der Waals surface area contributed by atoms with Crippen LogP contribution in [0.5, 0.6) is 11.5 Å². The molecule has 30 heavy (non-hydrogen) atoms. The van der Waals surface area contributed by atoms with Gasteiger partial charge in [-0.15, -0.1) is 0 Å². The van der Waals surface area contributed by atoms with Crippen LogP contribution in [0.4, 0.5) is 10.5 Å². The normalized spacial score (nSPS) is 17.5. The summed E-state index contributed by atoms with van der Waals surface area (Å²) in [6.45, 7) is 0.275. The van der Waals surface area contributed by atoms with Crippen molar-refractivity contribution in [2.75, 3.05) is 33.1 Å². The fourth-order valence-corrected chi connectivity index (χ4v) is 3.87. The zero-order valence-corrected chi connectivity index (χ0v) is 16.8. The Kier molecular flexibility index (Phi) is 4.83. The van der Waals surface area contributed by atoms with Crippen molar-refractivity contribution in [1.82, 2.24) is 9.80 Å². The molecule has 0 bridgehead atoms. The van der Waals surface area contributed by atoms with Gasteiger partial charge in [-0.2, -0.15) is 0 Å². The number of rotatable bonds is 3. The quantitative estimate of drug-likeness (QED) is 0.748. The molecule has 2 aromatic carbocycles. The number of aliphatic hydroxyl groups excluding tert-OH is 1. The molecule has 2 heterocycles. The number of amides is 4. The highest BCUT2D eigenvalue weighted by Gasteiger charge is 2.34. The Labute approximate surface area is 172 Å². The van der Waals surface area contributed by atoms with E-state index in [1.165, 1.54) is 38.3 Å². The van der Waals surface area contributed by atoms with Gasteiger partial charge in [-0.3, -0.25) is 14.5 Å². The van der Waals surface area contributed by atoms with Gasteiger partial charge in [0.25, 0.3) is 11.8 Å². The molecule has 0 unspecified atom stereocenters. The lowest BCUT2D eigenvalue weighted by molar-refractivity contribution is 0.0693. The first-order valence-corrected chi connectivity index (χ1v) is 9.30. The molecular formula is C21H21N3O6. The minimum atomic E-state index is -0.947. The highest BCUT2D eigenvalue weighted by molar-refractivity contribution is 6.21. The van der Waals surface area contributed by atoms with Crippen LogP contribution >= 0.6 is 0 Å². The topological polar surface area (TPSA) is 108 Å². The number of hydrogen-bond donors (Lipinski definition) is 2. The Hall–Kier alpha value is -3.59. The molecule has 4 amide bonds. The summed E-state index contributed by atoms with van der Waals surface area (Å²) in [5, 5.41) is 13.4. The van der Waals surface area contributed by atoms with Crippen molar-refractivity contribution in [3.63, 3.8) is 0 Å². The van der Waals surface area contributed by atoms with E-state index in [9.17, 15) is 19.5 Å². The zero-order chi connectivity index (χ0) is 21.6. The van der Waals surface area contributed by atoms with E-state index in [1.807, 2.05) is 0 Å². The van der Waals surface area contributed by atoms with Crippen molar-refractivity contribution in [2.45, 2.75) is 12.6 Å². The van der Waals surface area contributed by atoms with Crippen LogP contribution in [-0.4, -0.2) is 60.6 Å². The Balaban J connectivity index is 1.58. The third-order valence-electron chi connectivity index (χ3n) is 5.42. The third-order valence-corrected chi connectivity index (χ3v) is 5.42. The molecule has 9 heteroatoms. The van der Waals surface area contributed by atoms with E-state index in [1.54, 1.807) is 18.2 Å². The fourth-order valence-electron chi connectivity index (χ4n) is 3.87. The van der Waals surface area contributed by atoms with Crippen LogP contribution in [0.15, 0.2) is 30.3 Å². The summed E-state index contributed by atoms with van der Waals surface area (Å²) in [7, 11) is 4.45. The lowest BCUT2D eigenvalue weighted by atomic mass is 9.95. The Bertz CT molecular complexity index is 1070. The lowest BCUT2D eigenvalue weighted by Gasteiger charge is -2.34. The first kappa shape index (κ1) is 19.7. The number of carbonyl (C=O) groups is 3. The van der Waals surface area contributed by atoms with Gasteiger partial charge in [-0.1, -0.05) is 0 Å². The van der Waals surface area contributed by atoms with Gasteiger partial charge < -0.3 is 24.8 Å². The van der Waals surface area contributed by atoms with Gasteiger partial charge in [0.05, 0.1) is 38.4 Å². The van der Waals surface area contributed by atoms with Crippen molar-refractivity contribution >= 4 is 23.5 Å². The van der Waals surface area contributed by atoms with Crippen LogP contribution < -0.4 is 14.8 Å². The molecule has 2 N–H and O–H groups in total. The number of methoxy groups -OCH3 is 2. The van der Waals surface area contributed by atoms with Crippen molar-refractivity contribution < 1.29 is 29.0 Å². The number of nitrogens with zero attached hydrogens (tertiary/aromatic N) is 2. The largest absolute Gasteiger partial charge is 0.496 e. The monoisotopic (exact) mass is 411 g/mol.